The molecule has 0 fully saturated rings. The van der Waals surface area contributed by atoms with Gasteiger partial charge < -0.3 is 5.32 Å². The number of nitro groups is 1. The van der Waals surface area contributed by atoms with Crippen molar-refractivity contribution in [2.75, 3.05) is 6.54 Å². The van der Waals surface area contributed by atoms with Crippen LogP contribution in [0.2, 0.25) is 0 Å². The number of aryl methyl sites for hydroxylation is 1. The largest absolute Gasteiger partial charge is 0.350 e. The second kappa shape index (κ2) is 6.98. The van der Waals surface area contributed by atoms with Gasteiger partial charge in [0.1, 0.15) is 0 Å². The van der Waals surface area contributed by atoms with Crippen LogP contribution in [0.3, 0.4) is 0 Å². The molecule has 0 radical (unpaired) electrons. The molecular formula is C13H20N4O4. The molecule has 0 unspecified atom stereocenters. The first-order valence-corrected chi connectivity index (χ1v) is 6.66. The van der Waals surface area contributed by atoms with E-state index in [1.54, 1.807) is 6.92 Å². The van der Waals surface area contributed by atoms with Crippen LogP contribution in [-0.4, -0.2) is 26.6 Å². The Kier molecular flexibility index (Phi) is 5.60. The Morgan fingerprint density at radius 1 is 1.48 bits per heavy atom. The maximum absolute atomic E-state index is 12.1. The summed E-state index contributed by atoms with van der Waals surface area (Å²) in [6, 6.07) is 0.232. The molecule has 0 saturated heterocycles. The van der Waals surface area contributed by atoms with E-state index < -0.39 is 21.9 Å². The van der Waals surface area contributed by atoms with E-state index in [-0.39, 0.29) is 19.1 Å². The van der Waals surface area contributed by atoms with E-state index in [4.69, 9.17) is 0 Å². The predicted molar refractivity (Wildman–Crippen MR) is 79.6 cm³/mol. The highest BCUT2D eigenvalue weighted by atomic mass is 16.6. The van der Waals surface area contributed by atoms with Crippen LogP contribution < -0.4 is 16.6 Å². The van der Waals surface area contributed by atoms with E-state index in [0.717, 1.165) is 15.3 Å². The van der Waals surface area contributed by atoms with E-state index >= 15 is 0 Å². The van der Waals surface area contributed by atoms with E-state index in [9.17, 15) is 19.7 Å². The molecule has 8 nitrogen and oxygen atoms in total. The zero-order valence-corrected chi connectivity index (χ0v) is 12.5. The van der Waals surface area contributed by atoms with Gasteiger partial charge in [0.15, 0.2) is 0 Å². The lowest BCUT2D eigenvalue weighted by molar-refractivity contribution is -0.387. The van der Waals surface area contributed by atoms with Gasteiger partial charge >= 0.3 is 16.9 Å². The first-order valence-electron chi connectivity index (χ1n) is 6.66. The minimum atomic E-state index is -0.902. The molecule has 1 rings (SSSR count). The third-order valence-corrected chi connectivity index (χ3v) is 2.90. The van der Waals surface area contributed by atoms with Crippen molar-refractivity contribution in [3.63, 3.8) is 0 Å². The average Bonchev–Trinajstić information content (AvgIpc) is 2.41. The average molecular weight is 296 g/mol. The molecule has 0 atom stereocenters. The number of hydrogen-bond acceptors (Lipinski definition) is 5. The summed E-state index contributed by atoms with van der Waals surface area (Å²) in [5.74, 6) is 0. The third-order valence-electron chi connectivity index (χ3n) is 2.90. The van der Waals surface area contributed by atoms with Crippen LogP contribution >= 0.6 is 0 Å². The molecule has 1 aromatic rings. The molecule has 0 aromatic carbocycles. The van der Waals surface area contributed by atoms with Crippen molar-refractivity contribution in [2.45, 2.75) is 39.9 Å². The lowest BCUT2D eigenvalue weighted by Gasteiger charge is -2.12. The van der Waals surface area contributed by atoms with Gasteiger partial charge in [-0.2, -0.15) is 0 Å². The Balaban J connectivity index is 3.20. The summed E-state index contributed by atoms with van der Waals surface area (Å²) in [5, 5.41) is 14.0. The zero-order valence-electron chi connectivity index (χ0n) is 12.5. The second-order valence-corrected chi connectivity index (χ2v) is 5.02. The minimum absolute atomic E-state index is 0.0426. The number of nitrogens with one attached hydrogen (secondary N) is 1. The monoisotopic (exact) mass is 296 g/mol. The van der Waals surface area contributed by atoms with Crippen LogP contribution in [0.4, 0.5) is 5.69 Å². The molecule has 1 heterocycles. The van der Waals surface area contributed by atoms with E-state index in [2.05, 4.69) is 11.9 Å². The molecule has 0 saturated carbocycles. The first kappa shape index (κ1) is 16.8. The summed E-state index contributed by atoms with van der Waals surface area (Å²) in [6.07, 6.45) is 0.982. The molecular weight excluding hydrogens is 276 g/mol. The summed E-state index contributed by atoms with van der Waals surface area (Å²) in [7, 11) is 0. The van der Waals surface area contributed by atoms with Gasteiger partial charge in [-0.3, -0.25) is 24.0 Å². The smallest absolute Gasteiger partial charge is 0.311 e. The molecule has 0 aliphatic carbocycles. The van der Waals surface area contributed by atoms with Crippen molar-refractivity contribution < 1.29 is 4.92 Å². The van der Waals surface area contributed by atoms with Crippen LogP contribution in [0, 0.1) is 10.1 Å². The first-order chi connectivity index (χ1) is 9.77. The zero-order chi connectivity index (χ0) is 16.2. The number of nitrogens with zero attached hydrogens (tertiary/aromatic N) is 3. The normalized spacial score (nSPS) is 10.9. The summed E-state index contributed by atoms with van der Waals surface area (Å²) < 4.78 is 1.99. The van der Waals surface area contributed by atoms with Crippen molar-refractivity contribution in [1.29, 1.82) is 0 Å². The molecule has 116 valence electrons. The Bertz CT molecular complexity index is 657. The SMILES string of the molecule is C=C(CNC(C)C)Cn1c(=O)c([N+](=O)[O-])cn(CC)c1=O. The van der Waals surface area contributed by atoms with Crippen LogP contribution in [0.15, 0.2) is 27.9 Å². The number of hydrogen-bond donors (Lipinski definition) is 1. The van der Waals surface area contributed by atoms with Crippen molar-refractivity contribution in [1.82, 2.24) is 14.5 Å². The van der Waals surface area contributed by atoms with Gasteiger partial charge in [0.25, 0.3) is 0 Å². The van der Waals surface area contributed by atoms with E-state index in [1.807, 2.05) is 13.8 Å². The van der Waals surface area contributed by atoms with E-state index in [0.29, 0.717) is 12.1 Å². The van der Waals surface area contributed by atoms with Gasteiger partial charge in [-0.05, 0) is 12.5 Å². The van der Waals surface area contributed by atoms with Crippen molar-refractivity contribution in [2.24, 2.45) is 0 Å². The predicted octanol–water partition coefficient (Wildman–Crippen LogP) is 0.492. The van der Waals surface area contributed by atoms with Gasteiger partial charge in [-0.15, -0.1) is 0 Å². The van der Waals surface area contributed by atoms with E-state index in [1.165, 1.54) is 0 Å². The highest BCUT2D eigenvalue weighted by Gasteiger charge is 2.19. The van der Waals surface area contributed by atoms with Gasteiger partial charge in [0.05, 0.1) is 17.7 Å². The summed E-state index contributed by atoms with van der Waals surface area (Å²) in [5.41, 5.74) is -1.48. The lowest BCUT2D eigenvalue weighted by Crippen LogP contribution is -2.41. The summed E-state index contributed by atoms with van der Waals surface area (Å²) in [6.45, 7) is 10.0. The van der Waals surface area contributed by atoms with Gasteiger partial charge in [0.2, 0.25) is 0 Å². The molecule has 0 aliphatic heterocycles. The fourth-order valence-corrected chi connectivity index (χ4v) is 1.76. The van der Waals surface area contributed by atoms with Crippen molar-refractivity contribution in [3.8, 4) is 0 Å². The molecule has 0 spiro atoms. The Labute approximate surface area is 121 Å². The van der Waals surface area contributed by atoms with Crippen LogP contribution in [0.25, 0.3) is 0 Å². The molecule has 21 heavy (non-hydrogen) atoms. The quantitative estimate of drug-likeness (QED) is 0.448. The van der Waals surface area contributed by atoms with Crippen LogP contribution in [0.1, 0.15) is 20.8 Å². The highest BCUT2D eigenvalue weighted by molar-refractivity contribution is 5.22. The third kappa shape index (κ3) is 4.12. The van der Waals surface area contributed by atoms with Crippen LogP contribution in [0.5, 0.6) is 0 Å². The molecule has 8 heteroatoms. The summed E-state index contributed by atoms with van der Waals surface area (Å²) in [4.78, 5) is 34.2. The van der Waals surface area contributed by atoms with Crippen LogP contribution in [-0.2, 0) is 13.1 Å². The molecule has 1 N–H and O–H groups in total. The molecule has 0 aliphatic rings. The van der Waals surface area contributed by atoms with Crippen molar-refractivity contribution in [3.05, 3.63) is 49.3 Å². The summed E-state index contributed by atoms with van der Waals surface area (Å²) >= 11 is 0. The van der Waals surface area contributed by atoms with Gasteiger partial charge in [-0.25, -0.2) is 4.79 Å². The second-order valence-electron chi connectivity index (χ2n) is 5.02. The maximum atomic E-state index is 12.1. The fraction of sp³-hybridized carbons (Fsp3) is 0.538. The Morgan fingerprint density at radius 3 is 2.57 bits per heavy atom. The molecule has 1 aromatic heterocycles. The van der Waals surface area contributed by atoms with Gasteiger partial charge in [0, 0.05) is 19.1 Å². The van der Waals surface area contributed by atoms with Gasteiger partial charge in [-0.1, -0.05) is 20.4 Å². The minimum Gasteiger partial charge on any atom is -0.311 e. The molecule has 0 bridgehead atoms. The number of rotatable bonds is 7. The standard InChI is InChI=1S/C13H20N4O4/c1-5-15-8-11(17(20)21)12(18)16(13(15)19)7-10(4)6-14-9(2)3/h8-9,14H,4-7H2,1-3H3. The number of aromatic nitrogens is 2. The maximum Gasteiger partial charge on any atom is 0.350 e. The fourth-order valence-electron chi connectivity index (χ4n) is 1.76. The Morgan fingerprint density at radius 2 is 2.10 bits per heavy atom. The highest BCUT2D eigenvalue weighted by Crippen LogP contribution is 2.01. The van der Waals surface area contributed by atoms with Crippen molar-refractivity contribution >= 4 is 5.69 Å². The Hall–Kier alpha value is -2.22. The molecule has 0 amide bonds. The topological polar surface area (TPSA) is 99.2 Å². The lowest BCUT2D eigenvalue weighted by atomic mass is 10.2.